The van der Waals surface area contributed by atoms with Crippen molar-refractivity contribution < 1.29 is 13.9 Å². The molecule has 1 unspecified atom stereocenters. The molecule has 0 spiro atoms. The first kappa shape index (κ1) is 24.0. The largest absolute Gasteiger partial charge is 0.444 e. The number of carbonyl (C=O) groups excluding carboxylic acids is 1. The van der Waals surface area contributed by atoms with Gasteiger partial charge in [-0.2, -0.15) is 0 Å². The van der Waals surface area contributed by atoms with Crippen LogP contribution in [0.25, 0.3) is 0 Å². The highest BCUT2D eigenvalue weighted by Gasteiger charge is 2.00. The van der Waals surface area contributed by atoms with Crippen molar-refractivity contribution in [2.24, 2.45) is 0 Å². The van der Waals surface area contributed by atoms with Crippen LogP contribution < -0.4 is 4.74 Å². The van der Waals surface area contributed by atoms with Crippen LogP contribution in [-0.2, 0) is 11.2 Å². The molecule has 1 aromatic heterocycles. The fraction of sp³-hybridized carbons (Fsp3) is 0.333. The Bertz CT molecular complexity index is 657. The number of alkyl halides is 1. The van der Waals surface area contributed by atoms with Crippen molar-refractivity contribution in [3.05, 3.63) is 70.8 Å². The number of pyridine rings is 1. The van der Waals surface area contributed by atoms with E-state index < -0.39 is 6.36 Å². The Morgan fingerprint density at radius 1 is 1.31 bits per heavy atom. The van der Waals surface area contributed by atoms with E-state index >= 15 is 0 Å². The van der Waals surface area contributed by atoms with Crippen molar-refractivity contribution in [3.8, 4) is 5.88 Å². The van der Waals surface area contributed by atoms with Gasteiger partial charge in [0, 0.05) is 23.2 Å². The van der Waals surface area contributed by atoms with Crippen molar-refractivity contribution in [3.63, 3.8) is 0 Å². The molecule has 26 heavy (non-hydrogen) atoms. The van der Waals surface area contributed by atoms with E-state index in [2.05, 4.69) is 58.7 Å². The van der Waals surface area contributed by atoms with Crippen LogP contribution in [0.1, 0.15) is 38.4 Å². The molecule has 2 rings (SSSR count). The van der Waals surface area contributed by atoms with Gasteiger partial charge in [0.15, 0.2) is 5.78 Å². The van der Waals surface area contributed by atoms with Gasteiger partial charge < -0.3 is 4.74 Å². The highest BCUT2D eigenvalue weighted by atomic mass is 79.9. The summed E-state index contributed by atoms with van der Waals surface area (Å²) in [5.74, 6) is 0.352. The summed E-state index contributed by atoms with van der Waals surface area (Å²) < 4.78 is 18.1. The summed E-state index contributed by atoms with van der Waals surface area (Å²) in [6, 6.07) is 13.7. The van der Waals surface area contributed by atoms with Crippen LogP contribution in [0.4, 0.5) is 4.39 Å². The lowest BCUT2D eigenvalue weighted by Crippen LogP contribution is -2.05. The van der Waals surface area contributed by atoms with Crippen molar-refractivity contribution in [2.75, 3.05) is 0 Å². The van der Waals surface area contributed by atoms with Crippen molar-refractivity contribution in [1.82, 2.24) is 4.98 Å². The first-order chi connectivity index (χ1) is 12.3. The summed E-state index contributed by atoms with van der Waals surface area (Å²) in [4.78, 5) is 13.6. The maximum Gasteiger partial charge on any atom is 0.237 e. The molecule has 0 saturated heterocycles. The molecule has 0 bridgehead atoms. The Balaban J connectivity index is 0.000000387. The lowest BCUT2D eigenvalue weighted by atomic mass is 10.1. The maximum atomic E-state index is 12.3. The van der Waals surface area contributed by atoms with Gasteiger partial charge in [-0.3, -0.25) is 4.79 Å². The molecule has 0 amide bonds. The minimum absolute atomic E-state index is 0.0185. The molecular formula is C21H27BrFNO2. The number of ether oxygens (including phenoxy) is 1. The molecule has 5 heteroatoms. The minimum atomic E-state index is -1.30. The van der Waals surface area contributed by atoms with Crippen LogP contribution in [0.15, 0.2) is 59.6 Å². The number of carbonyl (C=O) groups is 1. The Labute approximate surface area is 164 Å². The van der Waals surface area contributed by atoms with Crippen molar-refractivity contribution in [1.29, 1.82) is 0 Å². The van der Waals surface area contributed by atoms with Gasteiger partial charge in [-0.15, -0.1) is 0 Å². The topological polar surface area (TPSA) is 39.2 Å². The summed E-state index contributed by atoms with van der Waals surface area (Å²) in [7, 11) is 0. The van der Waals surface area contributed by atoms with E-state index in [-0.39, 0.29) is 5.78 Å². The molecule has 1 heterocycles. The summed E-state index contributed by atoms with van der Waals surface area (Å²) in [6.45, 7) is 10.0. The van der Waals surface area contributed by atoms with E-state index in [9.17, 15) is 9.18 Å². The molecule has 1 atom stereocenters. The van der Waals surface area contributed by atoms with E-state index in [4.69, 9.17) is 4.74 Å². The van der Waals surface area contributed by atoms with Crippen LogP contribution >= 0.6 is 15.9 Å². The molecule has 142 valence electrons. The van der Waals surface area contributed by atoms with Gasteiger partial charge in [-0.1, -0.05) is 54.1 Å². The Kier molecular flexibility index (Phi) is 13.1. The fourth-order valence-corrected chi connectivity index (χ4v) is 1.95. The summed E-state index contributed by atoms with van der Waals surface area (Å²) in [6.07, 6.45) is 2.39. The predicted octanol–water partition coefficient (Wildman–Crippen LogP) is 6.25. The zero-order valence-corrected chi connectivity index (χ0v) is 17.4. The highest BCUT2D eigenvalue weighted by Crippen LogP contribution is 2.11. The minimum Gasteiger partial charge on any atom is -0.444 e. The number of allylic oxidation sites excluding steroid dienone is 1. The number of aromatic nitrogens is 1. The lowest BCUT2D eigenvalue weighted by molar-refractivity contribution is -0.112. The van der Waals surface area contributed by atoms with Gasteiger partial charge in [-0.25, -0.2) is 9.37 Å². The van der Waals surface area contributed by atoms with E-state index in [1.54, 1.807) is 12.1 Å². The molecule has 0 radical (unpaired) electrons. The second kappa shape index (κ2) is 14.2. The molecule has 3 nitrogen and oxygen atoms in total. The van der Waals surface area contributed by atoms with Crippen LogP contribution in [0.5, 0.6) is 5.88 Å². The van der Waals surface area contributed by atoms with Crippen LogP contribution in [-0.4, -0.2) is 17.1 Å². The molecule has 0 saturated carbocycles. The highest BCUT2D eigenvalue weighted by molar-refractivity contribution is 9.10. The normalized spacial score (nSPS) is 10.4. The Hall–Kier alpha value is -2.01. The molecule has 2 aromatic rings. The monoisotopic (exact) mass is 423 g/mol. The number of aryl methyl sites for hydroxylation is 2. The van der Waals surface area contributed by atoms with Crippen LogP contribution in [0.3, 0.4) is 0 Å². The summed E-state index contributed by atoms with van der Waals surface area (Å²) in [5.41, 5.74) is 2.24. The zero-order valence-electron chi connectivity index (χ0n) is 15.8. The SMILES string of the molecule is C=CC(C)=O.CCCc1ccc(Br)cc1.Cc1cccc(OC(C)F)n1. The molecular weight excluding hydrogens is 397 g/mol. The van der Waals surface area contributed by atoms with Gasteiger partial charge in [-0.05, 0) is 50.1 Å². The standard InChI is InChI=1S/C9H11Br.C8H10FNO.C4H6O/c1-2-3-8-4-6-9(10)7-5-8;1-6-4-3-5-8(10-6)11-7(2)9;1-3-4(2)5/h4-7H,2-3H2,1H3;3-5,7H,1-2H3;3H,1H2,2H3. The summed E-state index contributed by atoms with van der Waals surface area (Å²) >= 11 is 3.40. The quantitative estimate of drug-likeness (QED) is 0.533. The molecule has 0 aliphatic carbocycles. The van der Waals surface area contributed by atoms with E-state index in [0.717, 1.165) is 10.2 Å². The number of hydrogen-bond donors (Lipinski definition) is 0. The van der Waals surface area contributed by atoms with Gasteiger partial charge in [0.05, 0.1) is 0 Å². The number of halogens is 2. The molecule has 1 aromatic carbocycles. The zero-order chi connectivity index (χ0) is 19.9. The number of benzene rings is 1. The van der Waals surface area contributed by atoms with Gasteiger partial charge in [0.25, 0.3) is 0 Å². The third kappa shape index (κ3) is 13.3. The maximum absolute atomic E-state index is 12.3. The number of hydrogen-bond acceptors (Lipinski definition) is 3. The first-order valence-corrected chi connectivity index (χ1v) is 9.19. The molecule has 0 aliphatic heterocycles. The van der Waals surface area contributed by atoms with Crippen LogP contribution in [0.2, 0.25) is 0 Å². The Morgan fingerprint density at radius 3 is 2.31 bits per heavy atom. The molecule has 0 fully saturated rings. The number of ketones is 1. The number of rotatable bonds is 5. The second-order valence-electron chi connectivity index (χ2n) is 5.47. The van der Waals surface area contributed by atoms with Crippen molar-refractivity contribution >= 4 is 21.7 Å². The Morgan fingerprint density at radius 2 is 1.88 bits per heavy atom. The van der Waals surface area contributed by atoms with Crippen LogP contribution in [0, 0.1) is 6.92 Å². The predicted molar refractivity (Wildman–Crippen MR) is 109 cm³/mol. The molecule has 0 N–H and O–H groups in total. The average Bonchev–Trinajstić information content (AvgIpc) is 2.58. The molecule has 0 aliphatic rings. The first-order valence-electron chi connectivity index (χ1n) is 8.40. The number of nitrogens with zero attached hydrogens (tertiary/aromatic N) is 1. The van der Waals surface area contributed by atoms with E-state index in [1.165, 1.54) is 38.3 Å². The van der Waals surface area contributed by atoms with E-state index in [1.807, 2.05) is 13.0 Å². The van der Waals surface area contributed by atoms with Gasteiger partial charge >= 0.3 is 0 Å². The second-order valence-corrected chi connectivity index (χ2v) is 6.38. The third-order valence-corrected chi connectivity index (χ3v) is 3.41. The van der Waals surface area contributed by atoms with Gasteiger partial charge in [0.2, 0.25) is 12.2 Å². The smallest absolute Gasteiger partial charge is 0.237 e. The summed E-state index contributed by atoms with van der Waals surface area (Å²) in [5, 5.41) is 0. The van der Waals surface area contributed by atoms with Gasteiger partial charge in [0.1, 0.15) is 0 Å². The van der Waals surface area contributed by atoms with E-state index in [0.29, 0.717) is 5.88 Å². The third-order valence-electron chi connectivity index (χ3n) is 2.89. The lowest BCUT2D eigenvalue weighted by Gasteiger charge is -2.04. The fourth-order valence-electron chi connectivity index (χ4n) is 1.69. The average molecular weight is 424 g/mol. The van der Waals surface area contributed by atoms with Crippen molar-refractivity contribution in [2.45, 2.75) is 46.9 Å².